The SMILES string of the molecule is CC(CN(CCCN(C)C)C1CCCC1)C(=O)O. The average molecular weight is 256 g/mol. The minimum absolute atomic E-state index is 0.259. The summed E-state index contributed by atoms with van der Waals surface area (Å²) in [6, 6.07) is 0.619. The number of hydrogen-bond acceptors (Lipinski definition) is 3. The Balaban J connectivity index is 2.43. The topological polar surface area (TPSA) is 43.8 Å². The third-order valence-corrected chi connectivity index (χ3v) is 3.82. The van der Waals surface area contributed by atoms with Gasteiger partial charge in [-0.3, -0.25) is 9.69 Å². The van der Waals surface area contributed by atoms with Crippen LogP contribution in [0, 0.1) is 5.92 Å². The van der Waals surface area contributed by atoms with Crippen LogP contribution in [0.1, 0.15) is 39.0 Å². The first kappa shape index (κ1) is 15.4. The summed E-state index contributed by atoms with van der Waals surface area (Å²) < 4.78 is 0. The molecule has 1 saturated carbocycles. The summed E-state index contributed by atoms with van der Waals surface area (Å²) in [4.78, 5) is 15.6. The first-order valence-corrected chi connectivity index (χ1v) is 7.12. The first-order chi connectivity index (χ1) is 8.50. The van der Waals surface area contributed by atoms with Gasteiger partial charge in [-0.15, -0.1) is 0 Å². The van der Waals surface area contributed by atoms with Gasteiger partial charge in [-0.2, -0.15) is 0 Å². The largest absolute Gasteiger partial charge is 0.481 e. The van der Waals surface area contributed by atoms with Gasteiger partial charge in [0.15, 0.2) is 0 Å². The molecule has 4 heteroatoms. The van der Waals surface area contributed by atoms with Gasteiger partial charge in [0.25, 0.3) is 0 Å². The zero-order valence-corrected chi connectivity index (χ0v) is 12.1. The van der Waals surface area contributed by atoms with Crippen LogP contribution in [0.3, 0.4) is 0 Å². The van der Waals surface area contributed by atoms with Crippen molar-refractivity contribution < 1.29 is 9.90 Å². The fraction of sp³-hybridized carbons (Fsp3) is 0.929. The highest BCUT2D eigenvalue weighted by atomic mass is 16.4. The van der Waals surface area contributed by atoms with Crippen molar-refractivity contribution in [3.8, 4) is 0 Å². The van der Waals surface area contributed by atoms with Gasteiger partial charge in [-0.25, -0.2) is 0 Å². The van der Waals surface area contributed by atoms with Crippen LogP contribution in [-0.2, 0) is 4.79 Å². The zero-order chi connectivity index (χ0) is 13.5. The van der Waals surface area contributed by atoms with E-state index in [1.165, 1.54) is 25.7 Å². The Hall–Kier alpha value is -0.610. The summed E-state index contributed by atoms with van der Waals surface area (Å²) >= 11 is 0. The summed E-state index contributed by atoms with van der Waals surface area (Å²) in [5, 5.41) is 9.05. The van der Waals surface area contributed by atoms with Crippen LogP contribution >= 0.6 is 0 Å². The first-order valence-electron chi connectivity index (χ1n) is 7.12. The number of carboxylic acid groups (broad SMARTS) is 1. The lowest BCUT2D eigenvalue weighted by atomic mass is 10.1. The highest BCUT2D eigenvalue weighted by Crippen LogP contribution is 2.24. The van der Waals surface area contributed by atoms with Gasteiger partial charge in [0.1, 0.15) is 0 Å². The van der Waals surface area contributed by atoms with Gasteiger partial charge in [0, 0.05) is 12.6 Å². The molecule has 0 spiro atoms. The summed E-state index contributed by atoms with van der Waals surface area (Å²) in [7, 11) is 4.17. The molecule has 1 aliphatic carbocycles. The molecule has 0 heterocycles. The number of aliphatic carboxylic acids is 1. The quantitative estimate of drug-likeness (QED) is 0.720. The van der Waals surface area contributed by atoms with Gasteiger partial charge >= 0.3 is 5.97 Å². The maximum atomic E-state index is 11.0. The summed E-state index contributed by atoms with van der Waals surface area (Å²) in [5.41, 5.74) is 0. The minimum atomic E-state index is -0.675. The highest BCUT2D eigenvalue weighted by Gasteiger charge is 2.25. The van der Waals surface area contributed by atoms with E-state index >= 15 is 0 Å². The van der Waals surface area contributed by atoms with Crippen LogP contribution in [0.5, 0.6) is 0 Å². The molecule has 0 aromatic rings. The number of carbonyl (C=O) groups is 1. The smallest absolute Gasteiger partial charge is 0.307 e. The van der Waals surface area contributed by atoms with Crippen LogP contribution in [0.15, 0.2) is 0 Å². The van der Waals surface area contributed by atoms with Gasteiger partial charge in [0.2, 0.25) is 0 Å². The second kappa shape index (κ2) is 7.74. The Morgan fingerprint density at radius 1 is 1.28 bits per heavy atom. The molecular weight excluding hydrogens is 228 g/mol. The normalized spacial score (nSPS) is 18.7. The highest BCUT2D eigenvalue weighted by molar-refractivity contribution is 5.69. The number of carboxylic acids is 1. The molecular formula is C14H28N2O2. The minimum Gasteiger partial charge on any atom is -0.481 e. The van der Waals surface area contributed by atoms with E-state index in [4.69, 9.17) is 5.11 Å². The van der Waals surface area contributed by atoms with Gasteiger partial charge in [-0.05, 0) is 46.4 Å². The molecule has 1 fully saturated rings. The zero-order valence-electron chi connectivity index (χ0n) is 12.1. The Labute approximate surface area is 111 Å². The molecule has 4 nitrogen and oxygen atoms in total. The van der Waals surface area contributed by atoms with Crippen LogP contribution in [-0.4, -0.2) is 60.6 Å². The number of nitrogens with zero attached hydrogens (tertiary/aromatic N) is 2. The second-order valence-corrected chi connectivity index (χ2v) is 5.83. The molecule has 0 amide bonds. The van der Waals surface area contributed by atoms with E-state index in [2.05, 4.69) is 23.9 Å². The maximum Gasteiger partial charge on any atom is 0.307 e. The van der Waals surface area contributed by atoms with Gasteiger partial charge in [-0.1, -0.05) is 19.8 Å². The van der Waals surface area contributed by atoms with E-state index in [9.17, 15) is 4.79 Å². The van der Waals surface area contributed by atoms with Crippen molar-refractivity contribution in [3.05, 3.63) is 0 Å². The summed E-state index contributed by atoms with van der Waals surface area (Å²) in [6.07, 6.45) is 6.21. The Morgan fingerprint density at radius 3 is 2.39 bits per heavy atom. The molecule has 1 unspecified atom stereocenters. The van der Waals surface area contributed by atoms with Crippen molar-refractivity contribution in [3.63, 3.8) is 0 Å². The third-order valence-electron chi connectivity index (χ3n) is 3.82. The van der Waals surface area contributed by atoms with Gasteiger partial charge < -0.3 is 10.0 Å². The van der Waals surface area contributed by atoms with Crippen molar-refractivity contribution in [1.29, 1.82) is 0 Å². The van der Waals surface area contributed by atoms with E-state index in [1.54, 1.807) is 0 Å². The Bertz CT molecular complexity index is 250. The standard InChI is InChI=1S/C14H28N2O2/c1-12(14(17)18)11-16(10-6-9-15(2)3)13-7-4-5-8-13/h12-13H,4-11H2,1-3H3,(H,17,18). The van der Waals surface area contributed by atoms with Crippen LogP contribution in [0.4, 0.5) is 0 Å². The van der Waals surface area contributed by atoms with Crippen molar-refractivity contribution in [2.24, 2.45) is 5.92 Å². The fourth-order valence-corrected chi connectivity index (χ4v) is 2.71. The van der Waals surface area contributed by atoms with Crippen molar-refractivity contribution in [2.45, 2.75) is 45.1 Å². The molecule has 0 aliphatic heterocycles. The molecule has 1 N–H and O–H groups in total. The molecule has 0 aromatic heterocycles. The van der Waals surface area contributed by atoms with Gasteiger partial charge in [0.05, 0.1) is 5.92 Å². The monoisotopic (exact) mass is 256 g/mol. The lowest BCUT2D eigenvalue weighted by molar-refractivity contribution is -0.141. The lowest BCUT2D eigenvalue weighted by Gasteiger charge is -2.30. The van der Waals surface area contributed by atoms with Crippen LogP contribution in [0.2, 0.25) is 0 Å². The summed E-state index contributed by atoms with van der Waals surface area (Å²) in [6.45, 7) is 4.62. The van der Waals surface area contributed by atoms with E-state index < -0.39 is 5.97 Å². The number of rotatable bonds is 8. The van der Waals surface area contributed by atoms with Crippen molar-refractivity contribution in [2.75, 3.05) is 33.7 Å². The molecule has 0 saturated heterocycles. The molecule has 18 heavy (non-hydrogen) atoms. The molecule has 1 aliphatic rings. The molecule has 0 bridgehead atoms. The van der Waals surface area contributed by atoms with E-state index in [0.29, 0.717) is 12.6 Å². The van der Waals surface area contributed by atoms with Crippen LogP contribution in [0.25, 0.3) is 0 Å². The summed E-state index contributed by atoms with van der Waals surface area (Å²) in [5.74, 6) is -0.935. The van der Waals surface area contributed by atoms with Crippen molar-refractivity contribution >= 4 is 5.97 Å². The van der Waals surface area contributed by atoms with Crippen LogP contribution < -0.4 is 0 Å². The Morgan fingerprint density at radius 2 is 1.89 bits per heavy atom. The average Bonchev–Trinajstić information content (AvgIpc) is 2.80. The Kier molecular flexibility index (Phi) is 6.65. The number of hydrogen-bond donors (Lipinski definition) is 1. The van der Waals surface area contributed by atoms with Crippen molar-refractivity contribution in [1.82, 2.24) is 9.80 Å². The van der Waals surface area contributed by atoms with E-state index in [1.807, 2.05) is 6.92 Å². The van der Waals surface area contributed by atoms with E-state index in [0.717, 1.165) is 19.5 Å². The molecule has 1 rings (SSSR count). The fourth-order valence-electron chi connectivity index (χ4n) is 2.71. The predicted molar refractivity (Wildman–Crippen MR) is 73.8 cm³/mol. The second-order valence-electron chi connectivity index (χ2n) is 5.83. The molecule has 0 aromatic carbocycles. The third kappa shape index (κ3) is 5.36. The molecule has 1 atom stereocenters. The predicted octanol–water partition coefficient (Wildman–Crippen LogP) is 1.90. The van der Waals surface area contributed by atoms with E-state index in [-0.39, 0.29) is 5.92 Å². The molecule has 0 radical (unpaired) electrons. The lowest BCUT2D eigenvalue weighted by Crippen LogP contribution is -2.40. The molecule has 106 valence electrons. The maximum absolute atomic E-state index is 11.0.